The highest BCUT2D eigenvalue weighted by molar-refractivity contribution is 6.24. The Kier molecular flexibility index (Phi) is 4.66. The number of primary amides is 1. The lowest BCUT2D eigenvalue weighted by Crippen LogP contribution is -2.66. The highest BCUT2D eigenvalue weighted by Crippen LogP contribution is 2.52. The van der Waals surface area contributed by atoms with Gasteiger partial charge >= 0.3 is 0 Å². The summed E-state index contributed by atoms with van der Waals surface area (Å²) < 4.78 is 0. The molecule has 1 aromatic heterocycles. The van der Waals surface area contributed by atoms with Crippen molar-refractivity contribution in [3.05, 3.63) is 53.2 Å². The summed E-state index contributed by atoms with van der Waals surface area (Å²) in [7, 11) is 0. The van der Waals surface area contributed by atoms with E-state index in [2.05, 4.69) is 4.98 Å². The summed E-state index contributed by atoms with van der Waals surface area (Å²) in [5, 5.41) is 43.2. The Morgan fingerprint density at radius 2 is 1.88 bits per heavy atom. The lowest BCUT2D eigenvalue weighted by atomic mass is 9.56. The summed E-state index contributed by atoms with van der Waals surface area (Å²) >= 11 is 0. The molecule has 9 nitrogen and oxygen atoms in total. The van der Waals surface area contributed by atoms with E-state index in [1.165, 1.54) is 6.07 Å². The largest absolute Gasteiger partial charge is 0.507 e. The first-order chi connectivity index (χ1) is 15.7. The molecule has 0 saturated heterocycles. The highest BCUT2D eigenvalue weighted by Gasteiger charge is 2.63. The average Bonchev–Trinajstić information content (AvgIpc) is 2.76. The van der Waals surface area contributed by atoms with E-state index in [1.807, 2.05) is 0 Å². The van der Waals surface area contributed by atoms with Gasteiger partial charge in [0.25, 0.3) is 0 Å². The number of aliphatic hydroxyl groups is 3. The molecule has 1 aromatic carbocycles. The Hall–Kier alpha value is -3.56. The Bertz CT molecular complexity index is 1240. The number of amides is 1. The van der Waals surface area contributed by atoms with Crippen molar-refractivity contribution in [3.8, 4) is 17.0 Å². The van der Waals surface area contributed by atoms with Gasteiger partial charge in [0.2, 0.25) is 11.7 Å². The number of nitrogens with zero attached hydrogens (tertiary/aromatic N) is 1. The van der Waals surface area contributed by atoms with Gasteiger partial charge in [-0.3, -0.25) is 19.4 Å². The van der Waals surface area contributed by atoms with Gasteiger partial charge in [-0.25, -0.2) is 0 Å². The Morgan fingerprint density at radius 3 is 2.55 bits per heavy atom. The van der Waals surface area contributed by atoms with Crippen LogP contribution in [0.15, 0.2) is 42.1 Å². The maximum atomic E-state index is 13.5. The third-order valence-electron chi connectivity index (χ3n) is 7.21. The number of fused-ring (bicyclic) bond motifs is 3. The van der Waals surface area contributed by atoms with Crippen LogP contribution in [0.4, 0.5) is 0 Å². The minimum atomic E-state index is -2.58. The number of hydrogen-bond donors (Lipinski definition) is 5. The lowest BCUT2D eigenvalue weighted by Gasteiger charge is -2.48. The quantitative estimate of drug-likeness (QED) is 0.415. The van der Waals surface area contributed by atoms with Crippen LogP contribution in [0.1, 0.15) is 24.0 Å². The normalized spacial score (nSPS) is 31.0. The molecular weight excluding hydrogens is 428 g/mol. The highest BCUT2D eigenvalue weighted by atomic mass is 16.3. The minimum absolute atomic E-state index is 0.0505. The standard InChI is InChI=1S/C24H22N2O7/c25-23(32)19-16(28)9-11-7-10-8-13-12(14-3-1-2-6-26-14)4-5-15(27)18(13)20(29)17(10)21(30)24(11,33)22(19)31/h1-6,10-11,16,19,27-29,33H,7-9H2,(H2,25,32)/t10-,11+,16?,19?,24+/m1/s1. The van der Waals surface area contributed by atoms with Crippen LogP contribution in [-0.2, 0) is 20.8 Å². The molecule has 1 amide bonds. The molecule has 0 aliphatic heterocycles. The molecule has 0 bridgehead atoms. The van der Waals surface area contributed by atoms with Crippen LogP contribution in [0.5, 0.6) is 5.75 Å². The van der Waals surface area contributed by atoms with Gasteiger partial charge in [0.1, 0.15) is 17.4 Å². The van der Waals surface area contributed by atoms with Crippen molar-refractivity contribution >= 4 is 23.2 Å². The molecule has 1 heterocycles. The molecular formula is C24H22N2O7. The fraction of sp³-hybridized carbons (Fsp3) is 0.333. The number of rotatable bonds is 2. The van der Waals surface area contributed by atoms with Crippen molar-refractivity contribution in [2.75, 3.05) is 0 Å². The molecule has 2 aromatic rings. The van der Waals surface area contributed by atoms with E-state index in [1.54, 1.807) is 30.5 Å². The molecule has 2 unspecified atom stereocenters. The number of aromatic hydroxyl groups is 1. The van der Waals surface area contributed by atoms with Gasteiger partial charge in [0, 0.05) is 23.3 Å². The zero-order valence-electron chi connectivity index (χ0n) is 17.4. The Balaban J connectivity index is 1.67. The Labute approximate surface area is 188 Å². The minimum Gasteiger partial charge on any atom is -0.507 e. The molecule has 2 fully saturated rings. The van der Waals surface area contributed by atoms with Crippen LogP contribution >= 0.6 is 0 Å². The summed E-state index contributed by atoms with van der Waals surface area (Å²) in [4.78, 5) is 42.5. The molecule has 0 radical (unpaired) electrons. The molecule has 5 atom stereocenters. The number of benzene rings is 1. The van der Waals surface area contributed by atoms with Gasteiger partial charge in [0.05, 0.1) is 17.4 Å². The summed E-state index contributed by atoms with van der Waals surface area (Å²) in [6.45, 7) is 0. The Morgan fingerprint density at radius 1 is 1.12 bits per heavy atom. The lowest BCUT2D eigenvalue weighted by molar-refractivity contribution is -0.174. The topological polar surface area (TPSA) is 171 Å². The van der Waals surface area contributed by atoms with Crippen LogP contribution in [0.2, 0.25) is 0 Å². The fourth-order valence-corrected chi connectivity index (χ4v) is 5.69. The maximum absolute atomic E-state index is 13.5. The van der Waals surface area contributed by atoms with Crippen LogP contribution < -0.4 is 5.73 Å². The number of carbonyl (C=O) groups is 3. The zero-order chi connectivity index (χ0) is 23.7. The first-order valence-corrected chi connectivity index (χ1v) is 10.6. The number of hydrogen-bond acceptors (Lipinski definition) is 8. The summed E-state index contributed by atoms with van der Waals surface area (Å²) in [6.07, 6.45) is 0.416. The number of phenolic OH excluding ortho intramolecular Hbond substituents is 1. The molecule has 5 rings (SSSR count). The van der Waals surface area contributed by atoms with E-state index in [9.17, 15) is 34.8 Å². The first-order valence-electron chi connectivity index (χ1n) is 10.6. The fourth-order valence-electron chi connectivity index (χ4n) is 5.69. The second-order valence-electron chi connectivity index (χ2n) is 8.94. The molecule has 3 aliphatic carbocycles. The zero-order valence-corrected chi connectivity index (χ0v) is 17.4. The molecule has 33 heavy (non-hydrogen) atoms. The van der Waals surface area contributed by atoms with E-state index in [4.69, 9.17) is 5.73 Å². The van der Waals surface area contributed by atoms with E-state index in [0.29, 0.717) is 16.8 Å². The molecule has 2 saturated carbocycles. The number of ketones is 2. The van der Waals surface area contributed by atoms with E-state index in [0.717, 1.165) is 0 Å². The molecule has 6 N–H and O–H groups in total. The van der Waals surface area contributed by atoms with Crippen molar-refractivity contribution < 1.29 is 34.8 Å². The number of aliphatic hydroxyl groups excluding tert-OH is 2. The van der Waals surface area contributed by atoms with Gasteiger partial charge < -0.3 is 26.2 Å². The van der Waals surface area contributed by atoms with E-state index >= 15 is 0 Å². The SMILES string of the molecule is NC(=O)C1C(=O)[C@@]2(O)C(=O)C3=C(O)c4c(O)ccc(-c5ccccn5)c4C[C@H]3C[C@H]2CC1O. The number of pyridine rings is 1. The number of nitrogens with two attached hydrogens (primary N) is 1. The van der Waals surface area contributed by atoms with Crippen LogP contribution in [0.3, 0.4) is 0 Å². The van der Waals surface area contributed by atoms with Crippen molar-refractivity contribution in [1.29, 1.82) is 0 Å². The van der Waals surface area contributed by atoms with Crippen molar-refractivity contribution in [2.45, 2.75) is 31.0 Å². The van der Waals surface area contributed by atoms with Crippen LogP contribution in [-0.4, -0.2) is 54.6 Å². The summed E-state index contributed by atoms with van der Waals surface area (Å²) in [5.41, 5.74) is 4.44. The molecule has 170 valence electrons. The summed E-state index contributed by atoms with van der Waals surface area (Å²) in [6, 6.07) is 8.42. The van der Waals surface area contributed by atoms with E-state index < -0.39 is 52.7 Å². The second kappa shape index (κ2) is 7.23. The van der Waals surface area contributed by atoms with Crippen LogP contribution in [0.25, 0.3) is 17.0 Å². The third kappa shape index (κ3) is 2.86. The van der Waals surface area contributed by atoms with Crippen molar-refractivity contribution in [1.82, 2.24) is 4.98 Å². The van der Waals surface area contributed by atoms with Crippen molar-refractivity contribution in [2.24, 2.45) is 23.5 Å². The van der Waals surface area contributed by atoms with Gasteiger partial charge in [-0.05, 0) is 55.0 Å². The molecule has 9 heteroatoms. The first kappa shape index (κ1) is 21.3. The van der Waals surface area contributed by atoms with Gasteiger partial charge in [-0.15, -0.1) is 0 Å². The number of carbonyl (C=O) groups excluding carboxylic acids is 3. The molecule has 0 spiro atoms. The predicted octanol–water partition coefficient (Wildman–Crippen LogP) is 0.651. The third-order valence-corrected chi connectivity index (χ3v) is 7.21. The van der Waals surface area contributed by atoms with Gasteiger partial charge in [0.15, 0.2) is 11.4 Å². The predicted molar refractivity (Wildman–Crippen MR) is 114 cm³/mol. The smallest absolute Gasteiger partial charge is 0.230 e. The summed E-state index contributed by atoms with van der Waals surface area (Å²) in [5.74, 6) is -7.28. The average molecular weight is 450 g/mol. The maximum Gasteiger partial charge on any atom is 0.230 e. The second-order valence-corrected chi connectivity index (χ2v) is 8.94. The van der Waals surface area contributed by atoms with Gasteiger partial charge in [-0.2, -0.15) is 0 Å². The van der Waals surface area contributed by atoms with Gasteiger partial charge in [-0.1, -0.05) is 6.07 Å². The molecule has 3 aliphatic rings. The number of phenols is 1. The number of Topliss-reactive ketones (excluding diaryl/α,β-unsaturated/α-hetero) is 2. The van der Waals surface area contributed by atoms with Crippen molar-refractivity contribution in [3.63, 3.8) is 0 Å². The number of aromatic nitrogens is 1. The van der Waals surface area contributed by atoms with Crippen LogP contribution in [0, 0.1) is 17.8 Å². The van der Waals surface area contributed by atoms with E-state index in [-0.39, 0.29) is 36.1 Å². The monoisotopic (exact) mass is 450 g/mol.